The number of anilines is 1. The van der Waals surface area contributed by atoms with E-state index in [-0.39, 0.29) is 12.1 Å². The van der Waals surface area contributed by atoms with Gasteiger partial charge < -0.3 is 24.2 Å². The molecule has 28 heavy (non-hydrogen) atoms. The van der Waals surface area contributed by atoms with Crippen LogP contribution in [0, 0.1) is 0 Å². The summed E-state index contributed by atoms with van der Waals surface area (Å²) >= 11 is 0. The minimum Gasteiger partial charge on any atom is -0.497 e. The van der Waals surface area contributed by atoms with Gasteiger partial charge >= 0.3 is 6.03 Å². The first-order chi connectivity index (χ1) is 13.7. The zero-order chi connectivity index (χ0) is 19.3. The van der Waals surface area contributed by atoms with Crippen molar-refractivity contribution in [3.05, 3.63) is 36.0 Å². The molecule has 1 saturated carbocycles. The van der Waals surface area contributed by atoms with Gasteiger partial charge in [0.05, 0.1) is 19.8 Å². The molecule has 1 aliphatic heterocycles. The molecule has 1 aromatic heterocycles. The molecule has 1 unspecified atom stereocenters. The van der Waals surface area contributed by atoms with Crippen molar-refractivity contribution in [2.75, 3.05) is 32.1 Å². The van der Waals surface area contributed by atoms with E-state index in [0.29, 0.717) is 37.1 Å². The number of amides is 2. The Hall–Kier alpha value is -2.61. The maximum atomic E-state index is 12.6. The van der Waals surface area contributed by atoms with Crippen molar-refractivity contribution in [1.29, 1.82) is 0 Å². The number of piperidine rings is 1. The van der Waals surface area contributed by atoms with E-state index >= 15 is 0 Å². The lowest BCUT2D eigenvalue weighted by Gasteiger charge is -2.32. The van der Waals surface area contributed by atoms with Gasteiger partial charge in [0.15, 0.2) is 5.82 Å². The molecular formula is C20H26N4O4. The number of ether oxygens (including phenoxy) is 2. The molecule has 2 amide bonds. The van der Waals surface area contributed by atoms with E-state index in [0.717, 1.165) is 43.8 Å². The van der Waals surface area contributed by atoms with Gasteiger partial charge in [0.2, 0.25) is 5.89 Å². The lowest BCUT2D eigenvalue weighted by atomic mass is 10.1. The lowest BCUT2D eigenvalue weighted by Crippen LogP contribution is -2.45. The summed E-state index contributed by atoms with van der Waals surface area (Å²) in [6.45, 7) is 1.83. The van der Waals surface area contributed by atoms with Crippen LogP contribution in [-0.2, 0) is 11.2 Å². The minimum atomic E-state index is -0.117. The van der Waals surface area contributed by atoms with Gasteiger partial charge in [-0.2, -0.15) is 4.98 Å². The average Bonchev–Trinajstić information content (AvgIpc) is 3.47. The van der Waals surface area contributed by atoms with Crippen LogP contribution in [-0.4, -0.2) is 54.0 Å². The highest BCUT2D eigenvalue weighted by Crippen LogP contribution is 2.38. The van der Waals surface area contributed by atoms with Crippen molar-refractivity contribution in [3.63, 3.8) is 0 Å². The molecule has 1 aliphatic carbocycles. The van der Waals surface area contributed by atoms with Gasteiger partial charge in [-0.05, 0) is 37.8 Å². The van der Waals surface area contributed by atoms with Gasteiger partial charge in [-0.3, -0.25) is 0 Å². The van der Waals surface area contributed by atoms with Gasteiger partial charge in [-0.15, -0.1) is 0 Å². The van der Waals surface area contributed by atoms with Crippen molar-refractivity contribution >= 4 is 11.7 Å². The van der Waals surface area contributed by atoms with Crippen LogP contribution in [0.1, 0.15) is 43.3 Å². The summed E-state index contributed by atoms with van der Waals surface area (Å²) in [4.78, 5) is 18.8. The molecule has 2 aliphatic rings. The molecule has 1 aromatic carbocycles. The number of nitrogens with zero attached hydrogens (tertiary/aromatic N) is 3. The molecule has 1 N–H and O–H groups in total. The normalized spacial score (nSPS) is 19.5. The number of hydrogen-bond donors (Lipinski definition) is 1. The van der Waals surface area contributed by atoms with Crippen LogP contribution in [0.3, 0.4) is 0 Å². The van der Waals surface area contributed by atoms with Crippen molar-refractivity contribution in [2.45, 2.75) is 44.1 Å². The van der Waals surface area contributed by atoms with Crippen molar-refractivity contribution in [3.8, 4) is 5.75 Å². The molecule has 8 heteroatoms. The summed E-state index contributed by atoms with van der Waals surface area (Å²) in [6, 6.07) is 7.23. The predicted molar refractivity (Wildman–Crippen MR) is 103 cm³/mol. The Balaban J connectivity index is 1.23. The van der Waals surface area contributed by atoms with Crippen LogP contribution in [0.2, 0.25) is 0 Å². The number of rotatable bonds is 7. The fraction of sp³-hybridized carbons (Fsp3) is 0.550. The smallest absolute Gasteiger partial charge is 0.321 e. The Morgan fingerprint density at radius 1 is 1.36 bits per heavy atom. The van der Waals surface area contributed by atoms with Crippen LogP contribution < -0.4 is 10.1 Å². The second-order valence-corrected chi connectivity index (χ2v) is 7.32. The molecule has 0 bridgehead atoms. The van der Waals surface area contributed by atoms with Gasteiger partial charge in [0, 0.05) is 37.2 Å². The summed E-state index contributed by atoms with van der Waals surface area (Å²) in [5.41, 5.74) is 0.718. The zero-order valence-electron chi connectivity index (χ0n) is 16.1. The highest BCUT2D eigenvalue weighted by atomic mass is 16.5. The highest BCUT2D eigenvalue weighted by molar-refractivity contribution is 5.89. The van der Waals surface area contributed by atoms with E-state index in [1.807, 2.05) is 18.2 Å². The lowest BCUT2D eigenvalue weighted by molar-refractivity contribution is 0.0120. The summed E-state index contributed by atoms with van der Waals surface area (Å²) in [5, 5.41) is 6.94. The molecule has 2 heterocycles. The Bertz CT molecular complexity index is 805. The predicted octanol–water partition coefficient (Wildman–Crippen LogP) is 3.21. The van der Waals surface area contributed by atoms with Crippen molar-refractivity contribution < 1.29 is 18.8 Å². The fourth-order valence-electron chi connectivity index (χ4n) is 3.34. The van der Waals surface area contributed by atoms with Crippen LogP contribution in [0.25, 0.3) is 0 Å². The monoisotopic (exact) mass is 386 g/mol. The molecule has 1 saturated heterocycles. The Kier molecular flexibility index (Phi) is 5.76. The maximum absolute atomic E-state index is 12.6. The molecule has 1 atom stereocenters. The third kappa shape index (κ3) is 4.81. The molecule has 2 fully saturated rings. The van der Waals surface area contributed by atoms with E-state index in [1.54, 1.807) is 18.1 Å². The maximum Gasteiger partial charge on any atom is 0.321 e. The number of hydrogen-bond acceptors (Lipinski definition) is 6. The second kappa shape index (κ2) is 8.60. The number of carbonyl (C=O) groups excluding carboxylic acids is 1. The van der Waals surface area contributed by atoms with Gasteiger partial charge in [-0.25, -0.2) is 4.79 Å². The van der Waals surface area contributed by atoms with E-state index in [1.165, 1.54) is 0 Å². The average molecular weight is 386 g/mol. The van der Waals surface area contributed by atoms with E-state index in [4.69, 9.17) is 14.0 Å². The molecule has 0 spiro atoms. The van der Waals surface area contributed by atoms with Crippen LogP contribution >= 0.6 is 0 Å². The molecular weight excluding hydrogens is 360 g/mol. The Labute approximate surface area is 164 Å². The number of urea groups is 1. The summed E-state index contributed by atoms with van der Waals surface area (Å²) in [6.07, 6.45) is 4.82. The third-order valence-corrected chi connectivity index (χ3v) is 5.08. The highest BCUT2D eigenvalue weighted by Gasteiger charge is 2.29. The largest absolute Gasteiger partial charge is 0.497 e. The number of nitrogens with one attached hydrogen (secondary N) is 1. The quantitative estimate of drug-likeness (QED) is 0.786. The van der Waals surface area contributed by atoms with Crippen LogP contribution in [0.15, 0.2) is 28.8 Å². The SMILES string of the molecule is COc1cccc(NC(=O)N2CCCC(OCCc3noc(C4CC4)n3)C2)c1. The first-order valence-electron chi connectivity index (χ1n) is 9.85. The first kappa shape index (κ1) is 18.7. The number of benzene rings is 1. The van der Waals surface area contributed by atoms with E-state index in [2.05, 4.69) is 15.5 Å². The van der Waals surface area contributed by atoms with E-state index in [9.17, 15) is 4.79 Å². The summed E-state index contributed by atoms with van der Waals surface area (Å²) < 4.78 is 16.4. The summed E-state index contributed by atoms with van der Waals surface area (Å²) in [5.74, 6) is 2.64. The second-order valence-electron chi connectivity index (χ2n) is 7.32. The topological polar surface area (TPSA) is 89.7 Å². The Morgan fingerprint density at radius 2 is 2.25 bits per heavy atom. The fourth-order valence-corrected chi connectivity index (χ4v) is 3.34. The molecule has 0 radical (unpaired) electrons. The van der Waals surface area contributed by atoms with E-state index < -0.39 is 0 Å². The van der Waals surface area contributed by atoms with Crippen LogP contribution in [0.4, 0.5) is 10.5 Å². The zero-order valence-corrected chi connectivity index (χ0v) is 16.1. The minimum absolute atomic E-state index is 0.0274. The molecule has 4 rings (SSSR count). The van der Waals surface area contributed by atoms with Crippen molar-refractivity contribution in [2.24, 2.45) is 0 Å². The van der Waals surface area contributed by atoms with Crippen molar-refractivity contribution in [1.82, 2.24) is 15.0 Å². The van der Waals surface area contributed by atoms with Gasteiger partial charge in [-0.1, -0.05) is 11.2 Å². The van der Waals surface area contributed by atoms with Gasteiger partial charge in [0.25, 0.3) is 0 Å². The number of carbonyl (C=O) groups is 1. The number of aromatic nitrogens is 2. The number of likely N-dealkylation sites (tertiary alicyclic amines) is 1. The van der Waals surface area contributed by atoms with Gasteiger partial charge in [0.1, 0.15) is 5.75 Å². The number of methoxy groups -OCH3 is 1. The molecule has 8 nitrogen and oxygen atoms in total. The summed E-state index contributed by atoms with van der Waals surface area (Å²) in [7, 11) is 1.61. The van der Waals surface area contributed by atoms with Crippen LogP contribution in [0.5, 0.6) is 5.75 Å². The third-order valence-electron chi connectivity index (χ3n) is 5.08. The molecule has 150 valence electrons. The Morgan fingerprint density at radius 3 is 3.07 bits per heavy atom. The first-order valence-corrected chi connectivity index (χ1v) is 9.85. The standard InChI is InChI=1S/C20H26N4O4/c1-26-16-5-2-4-15(12-16)21-20(25)24-10-3-6-17(13-24)27-11-9-18-22-19(28-23-18)14-7-8-14/h2,4-5,12,14,17H,3,6-11,13H2,1H3,(H,21,25). The molecule has 2 aromatic rings.